The lowest BCUT2D eigenvalue weighted by molar-refractivity contribution is -0.145. The molecule has 85 heavy (non-hydrogen) atoms. The Hall–Kier alpha value is -7.35. The first-order valence-electron chi connectivity index (χ1n) is 29.2. The van der Waals surface area contributed by atoms with Crippen molar-refractivity contribution in [2.75, 3.05) is 105 Å². The molecule has 4 aliphatic rings. The number of aliphatic hydroxyl groups excluding tert-OH is 1. The van der Waals surface area contributed by atoms with Gasteiger partial charge in [0.1, 0.15) is 30.9 Å². The van der Waals surface area contributed by atoms with Gasteiger partial charge in [-0.1, -0.05) is 13.8 Å². The summed E-state index contributed by atoms with van der Waals surface area (Å²) in [7, 11) is 0. The predicted molar refractivity (Wildman–Crippen MR) is 316 cm³/mol. The molecular formula is C61H83N9O15. The molecule has 1 fully saturated rings. The lowest BCUT2D eigenvalue weighted by atomic mass is 9.84. The molecule has 3 aromatic rings. The summed E-state index contributed by atoms with van der Waals surface area (Å²) in [4.78, 5) is 115. The number of hydrogen-bond acceptors (Lipinski definition) is 18. The van der Waals surface area contributed by atoms with E-state index in [0.717, 1.165) is 16.7 Å². The van der Waals surface area contributed by atoms with E-state index in [-0.39, 0.29) is 90.3 Å². The fraction of sp³-hybridized carbons (Fsp3) is 0.557. The Morgan fingerprint density at radius 3 is 2.14 bits per heavy atom. The van der Waals surface area contributed by atoms with Crippen molar-refractivity contribution >= 4 is 80.9 Å². The van der Waals surface area contributed by atoms with Crippen LogP contribution < -0.4 is 16.0 Å². The Morgan fingerprint density at radius 1 is 0.788 bits per heavy atom. The summed E-state index contributed by atoms with van der Waals surface area (Å²) in [5.41, 5.74) is 8.68. The largest absolute Gasteiger partial charge is 0.463 e. The first-order valence-corrected chi connectivity index (χ1v) is 29.2. The topological polar surface area (TPSA) is 304 Å². The monoisotopic (exact) mass is 1180 g/mol. The van der Waals surface area contributed by atoms with Gasteiger partial charge < -0.3 is 64.2 Å². The van der Waals surface area contributed by atoms with E-state index >= 15 is 4.79 Å². The Balaban J connectivity index is 1.14. The van der Waals surface area contributed by atoms with Crippen LogP contribution >= 0.6 is 0 Å². The molecule has 3 aromatic heterocycles. The number of amides is 5. The number of aromatic amines is 2. The highest BCUT2D eigenvalue weighted by Crippen LogP contribution is 2.44. The molecule has 0 saturated carbocycles. The van der Waals surface area contributed by atoms with Crippen molar-refractivity contribution in [3.05, 3.63) is 74.9 Å². The summed E-state index contributed by atoms with van der Waals surface area (Å²) in [6.07, 6.45) is 3.12. The number of hydrogen-bond donors (Lipinski definition) is 6. The van der Waals surface area contributed by atoms with Crippen LogP contribution in [-0.2, 0) is 52.3 Å². The standard InChI is InChI=1S/C61H83N9O15/c1-11-41-35(2)45-33-49-42(12-14-50(72)84-31-29-82-27-26-81-25-21-71)36(3)44(66-49)32-46-37(4)43(13-15-51(73)83-30-28-79-22-16-62-56(74)39(6)63-57(75)40(7)64-60(78)85-61(8,9)10)54(67-46)53-55-52(38(5)47(68-55)34-48(41)65-45)58(76)70(59(53)77)18-17-69-19-23-80-24-20-69/h12,14,32-34,37,39-40,43,66,68,71H,11,13,15-31H2,1-10H3,(H,62,74)(H,63,75)(H,64,78)/b14-12+,44-32?,45-33?,46-32?,47-34?,48-34?,49-33?,54-53?/t37-,39-,40-,43-/m0/s1. The number of morpholine rings is 1. The van der Waals surface area contributed by atoms with Crippen molar-refractivity contribution in [1.82, 2.24) is 45.7 Å². The van der Waals surface area contributed by atoms with Gasteiger partial charge in [-0.05, 0) is 115 Å². The van der Waals surface area contributed by atoms with Crippen LogP contribution in [0.1, 0.15) is 147 Å². The maximum absolute atomic E-state index is 15.3. The minimum absolute atomic E-state index is 0.0196. The maximum atomic E-state index is 15.3. The molecule has 7 rings (SSSR count). The van der Waals surface area contributed by atoms with Crippen molar-refractivity contribution in [2.24, 2.45) is 0 Å². The van der Waals surface area contributed by atoms with Gasteiger partial charge in [-0.25, -0.2) is 14.6 Å². The molecule has 0 aliphatic carbocycles. The number of aryl methyl sites for hydroxylation is 2. The van der Waals surface area contributed by atoms with Gasteiger partial charge in [-0.2, -0.15) is 0 Å². The fourth-order valence-electron chi connectivity index (χ4n) is 10.4. The second-order valence-corrected chi connectivity index (χ2v) is 22.3. The molecule has 0 spiro atoms. The van der Waals surface area contributed by atoms with Gasteiger partial charge in [0.2, 0.25) is 11.8 Å². The van der Waals surface area contributed by atoms with E-state index < -0.39 is 65.3 Å². The van der Waals surface area contributed by atoms with Crippen LogP contribution in [-0.4, -0.2) is 200 Å². The Morgan fingerprint density at radius 2 is 1.44 bits per heavy atom. The molecule has 4 atom stereocenters. The van der Waals surface area contributed by atoms with Crippen molar-refractivity contribution in [3.8, 4) is 0 Å². The van der Waals surface area contributed by atoms with Crippen LogP contribution in [0.5, 0.6) is 0 Å². The molecule has 24 nitrogen and oxygen atoms in total. The number of allylic oxidation sites excluding steroid dienone is 2. The first kappa shape index (κ1) is 65.2. The highest BCUT2D eigenvalue weighted by atomic mass is 16.6. The number of aromatic nitrogens is 4. The summed E-state index contributed by atoms with van der Waals surface area (Å²) in [5.74, 6) is -3.92. The number of ether oxygens (including phenoxy) is 7. The van der Waals surface area contributed by atoms with Crippen LogP contribution in [0.4, 0.5) is 4.79 Å². The number of rotatable bonds is 27. The number of fused-ring (bicyclic) bond motifs is 8. The number of carbonyl (C=O) groups excluding carboxylic acids is 7. The predicted octanol–water partition coefficient (Wildman–Crippen LogP) is 5.54. The Labute approximate surface area is 495 Å². The number of H-pyrrole nitrogens is 2. The van der Waals surface area contributed by atoms with Gasteiger partial charge >= 0.3 is 18.0 Å². The van der Waals surface area contributed by atoms with Gasteiger partial charge in [-0.15, -0.1) is 0 Å². The van der Waals surface area contributed by atoms with Crippen LogP contribution in [0.3, 0.4) is 0 Å². The molecule has 1 saturated heterocycles. The van der Waals surface area contributed by atoms with Gasteiger partial charge in [-0.3, -0.25) is 38.8 Å². The van der Waals surface area contributed by atoms with Crippen LogP contribution in [0.2, 0.25) is 0 Å². The van der Waals surface area contributed by atoms with Gasteiger partial charge in [0.15, 0.2) is 0 Å². The molecule has 0 aromatic carbocycles. The molecule has 5 amide bonds. The van der Waals surface area contributed by atoms with Crippen LogP contribution in [0, 0.1) is 13.8 Å². The van der Waals surface area contributed by atoms with E-state index in [0.29, 0.717) is 107 Å². The molecular weight excluding hydrogens is 1100 g/mol. The maximum Gasteiger partial charge on any atom is 0.408 e. The van der Waals surface area contributed by atoms with E-state index in [1.54, 1.807) is 26.8 Å². The van der Waals surface area contributed by atoms with E-state index in [1.165, 1.54) is 24.8 Å². The number of aliphatic hydroxyl groups is 1. The fourth-order valence-corrected chi connectivity index (χ4v) is 10.4. The summed E-state index contributed by atoms with van der Waals surface area (Å²) >= 11 is 0. The summed E-state index contributed by atoms with van der Waals surface area (Å²) in [6.45, 7) is 22.0. The van der Waals surface area contributed by atoms with Crippen LogP contribution in [0.15, 0.2) is 24.3 Å². The third-order valence-corrected chi connectivity index (χ3v) is 15.1. The zero-order valence-corrected chi connectivity index (χ0v) is 50.6. The second-order valence-electron chi connectivity index (χ2n) is 22.3. The van der Waals surface area contributed by atoms with Crippen molar-refractivity contribution in [1.29, 1.82) is 0 Å². The third kappa shape index (κ3) is 17.0. The molecule has 0 radical (unpaired) electrons. The summed E-state index contributed by atoms with van der Waals surface area (Å²) in [6, 6.07) is 3.92. The molecule has 4 aliphatic heterocycles. The second kappa shape index (κ2) is 30.1. The van der Waals surface area contributed by atoms with Crippen molar-refractivity contribution in [2.45, 2.75) is 118 Å². The third-order valence-electron chi connectivity index (χ3n) is 15.1. The van der Waals surface area contributed by atoms with Gasteiger partial charge in [0.05, 0.1) is 93.2 Å². The van der Waals surface area contributed by atoms with E-state index in [2.05, 4.69) is 37.7 Å². The van der Waals surface area contributed by atoms with Crippen LogP contribution in [0.25, 0.3) is 39.3 Å². The molecule has 8 bridgehead atoms. The van der Waals surface area contributed by atoms with E-state index in [1.807, 2.05) is 45.9 Å². The molecule has 24 heteroatoms. The number of alkyl carbamates (subject to hydrolysis) is 1. The van der Waals surface area contributed by atoms with Crippen molar-refractivity contribution in [3.63, 3.8) is 0 Å². The number of nitrogens with zero attached hydrogens (tertiary/aromatic N) is 4. The molecule has 0 unspecified atom stereocenters. The highest BCUT2D eigenvalue weighted by molar-refractivity contribution is 6.23. The Kier molecular flexibility index (Phi) is 23.1. The average molecular weight is 1180 g/mol. The number of nitrogens with one attached hydrogen (secondary N) is 5. The Bertz CT molecular complexity index is 3190. The van der Waals surface area contributed by atoms with E-state index in [4.69, 9.17) is 48.2 Å². The smallest absolute Gasteiger partial charge is 0.408 e. The van der Waals surface area contributed by atoms with Crippen molar-refractivity contribution < 1.29 is 71.8 Å². The minimum atomic E-state index is -0.956. The molecule has 462 valence electrons. The van der Waals surface area contributed by atoms with Gasteiger partial charge in [0.25, 0.3) is 11.8 Å². The first-order chi connectivity index (χ1) is 40.6. The lowest BCUT2D eigenvalue weighted by Gasteiger charge is -2.31. The summed E-state index contributed by atoms with van der Waals surface area (Å²) < 4.78 is 38.2. The number of carbonyl (C=O) groups is 7. The zero-order chi connectivity index (χ0) is 61.5. The normalized spacial score (nSPS) is 17.0. The summed E-state index contributed by atoms with van der Waals surface area (Å²) in [5, 5.41) is 16.6. The molecule has 6 N–H and O–H groups in total. The number of imide groups is 1. The average Bonchev–Trinajstić information content (AvgIpc) is 3.01. The molecule has 7 heterocycles. The highest BCUT2D eigenvalue weighted by Gasteiger charge is 2.41. The van der Waals surface area contributed by atoms with Gasteiger partial charge in [0, 0.05) is 84.9 Å². The SMILES string of the molecule is CCC1=C(C)c2cc3[nH]c(cc4nc(c5c6[nH]c(cc1n2)c(C)c6C(=O)N(CCN1CCOCC1)C5=O)[C@@H](CCC(=O)OCCOCCNC(=O)[C@H](C)NC(=O)[C@H](C)NC(=O)OC(C)(C)C)[C@@H]4C)c(C)c3/C=C/C(=O)OCCOCCOCCO. The van der Waals surface area contributed by atoms with E-state index in [9.17, 15) is 28.8 Å². The zero-order valence-electron chi connectivity index (χ0n) is 50.6. The minimum Gasteiger partial charge on any atom is -0.463 e. The number of esters is 2. The quantitative estimate of drug-likeness (QED) is 0.0179. The lowest BCUT2D eigenvalue weighted by Crippen LogP contribution is -2.52.